The lowest BCUT2D eigenvalue weighted by atomic mass is 9.92. The highest BCUT2D eigenvalue weighted by atomic mass is 19.4. The SMILES string of the molecule is CCCCCCCCCCCCCCCCCCCCOc1ccc(C(O)(C(F)(F)F)C(F)(F)F)cc1. The van der Waals surface area contributed by atoms with Gasteiger partial charge in [0, 0.05) is 5.56 Å². The number of aliphatic hydroxyl groups is 1. The van der Waals surface area contributed by atoms with E-state index in [9.17, 15) is 31.4 Å². The van der Waals surface area contributed by atoms with Gasteiger partial charge in [-0.25, -0.2) is 0 Å². The highest BCUT2D eigenvalue weighted by Crippen LogP contribution is 2.50. The van der Waals surface area contributed by atoms with Crippen molar-refractivity contribution in [3.8, 4) is 5.75 Å². The molecule has 0 saturated carbocycles. The summed E-state index contributed by atoms with van der Waals surface area (Å²) < 4.78 is 83.0. The molecule has 0 fully saturated rings. The molecule has 0 bridgehead atoms. The Morgan fingerprint density at radius 1 is 0.541 bits per heavy atom. The predicted octanol–water partition coefficient (Wildman–Crippen LogP) is 10.4. The second-order valence-electron chi connectivity index (χ2n) is 10.1. The molecule has 1 aromatic carbocycles. The van der Waals surface area contributed by atoms with Crippen LogP contribution in [-0.4, -0.2) is 24.1 Å². The summed E-state index contributed by atoms with van der Waals surface area (Å²) in [6, 6.07) is 3.25. The minimum absolute atomic E-state index is 0.169. The minimum Gasteiger partial charge on any atom is -0.494 e. The quantitative estimate of drug-likeness (QED) is 0.124. The fraction of sp³-hybridized carbons (Fsp3) is 0.793. The number of ether oxygens (including phenoxy) is 1. The average Bonchev–Trinajstić information content (AvgIpc) is 2.84. The molecule has 216 valence electrons. The third-order valence-corrected chi connectivity index (χ3v) is 6.86. The van der Waals surface area contributed by atoms with Crippen LogP contribution in [0.5, 0.6) is 5.75 Å². The van der Waals surface area contributed by atoms with E-state index in [2.05, 4.69) is 6.92 Å². The molecule has 8 heteroatoms. The lowest BCUT2D eigenvalue weighted by Crippen LogP contribution is -2.53. The fourth-order valence-electron chi connectivity index (χ4n) is 4.47. The fourth-order valence-corrected chi connectivity index (χ4v) is 4.47. The van der Waals surface area contributed by atoms with Gasteiger partial charge in [0.15, 0.2) is 0 Å². The summed E-state index contributed by atoms with van der Waals surface area (Å²) in [4.78, 5) is 0. The zero-order valence-corrected chi connectivity index (χ0v) is 22.4. The van der Waals surface area contributed by atoms with Gasteiger partial charge in [-0.1, -0.05) is 128 Å². The first-order chi connectivity index (χ1) is 17.5. The molecule has 0 spiro atoms. The van der Waals surface area contributed by atoms with E-state index in [0.29, 0.717) is 18.7 Å². The molecule has 1 N–H and O–H groups in total. The summed E-state index contributed by atoms with van der Waals surface area (Å²) in [5, 5.41) is 9.40. The van der Waals surface area contributed by atoms with Crippen molar-refractivity contribution in [2.24, 2.45) is 0 Å². The van der Waals surface area contributed by atoms with Gasteiger partial charge in [-0.05, 0) is 18.6 Å². The largest absolute Gasteiger partial charge is 0.494 e. The number of unbranched alkanes of at least 4 members (excludes halogenated alkanes) is 17. The maximum absolute atomic E-state index is 12.9. The van der Waals surface area contributed by atoms with Crippen LogP contribution in [0.15, 0.2) is 24.3 Å². The summed E-state index contributed by atoms with van der Waals surface area (Å²) in [5.41, 5.74) is -6.20. The second kappa shape index (κ2) is 18.0. The standard InChI is InChI=1S/C29H46F6O2/c1-2-3-4-5-6-7-8-9-10-11-12-13-14-15-16-17-18-19-24-37-26-22-20-25(21-23-26)27(36,28(30,31)32)29(33,34)35/h20-23,36H,2-19,24H2,1H3. The molecular formula is C29H46F6O2. The third-order valence-electron chi connectivity index (χ3n) is 6.86. The van der Waals surface area contributed by atoms with Crippen molar-refractivity contribution < 1.29 is 36.2 Å². The molecule has 2 nitrogen and oxygen atoms in total. The Morgan fingerprint density at radius 2 is 0.865 bits per heavy atom. The number of rotatable bonds is 21. The van der Waals surface area contributed by atoms with E-state index in [-0.39, 0.29) is 5.75 Å². The van der Waals surface area contributed by atoms with Gasteiger partial charge < -0.3 is 9.84 Å². The van der Waals surface area contributed by atoms with Crippen molar-refractivity contribution in [1.82, 2.24) is 0 Å². The summed E-state index contributed by atoms with van der Waals surface area (Å²) in [6.45, 7) is 2.58. The molecule has 0 aliphatic heterocycles. The first kappa shape index (κ1) is 33.6. The van der Waals surface area contributed by atoms with Gasteiger partial charge in [-0.3, -0.25) is 0 Å². The molecular weight excluding hydrogens is 494 g/mol. The Morgan fingerprint density at radius 3 is 1.19 bits per heavy atom. The van der Waals surface area contributed by atoms with Crippen LogP contribution in [-0.2, 0) is 5.60 Å². The van der Waals surface area contributed by atoms with Crippen LogP contribution in [0.3, 0.4) is 0 Å². The summed E-state index contributed by atoms with van der Waals surface area (Å²) in [7, 11) is 0. The van der Waals surface area contributed by atoms with Gasteiger partial charge >= 0.3 is 12.4 Å². The van der Waals surface area contributed by atoms with Crippen LogP contribution in [0.1, 0.15) is 128 Å². The van der Waals surface area contributed by atoms with Crippen molar-refractivity contribution >= 4 is 0 Å². The molecule has 37 heavy (non-hydrogen) atoms. The lowest BCUT2D eigenvalue weighted by Gasteiger charge is -2.32. The molecule has 0 amide bonds. The van der Waals surface area contributed by atoms with E-state index < -0.39 is 23.5 Å². The van der Waals surface area contributed by atoms with Crippen LogP contribution in [0.25, 0.3) is 0 Å². The number of hydrogen-bond acceptors (Lipinski definition) is 2. The van der Waals surface area contributed by atoms with Gasteiger partial charge in [0.1, 0.15) is 5.75 Å². The Bertz CT molecular complexity index is 671. The molecule has 1 aromatic rings. The van der Waals surface area contributed by atoms with E-state index in [1.807, 2.05) is 0 Å². The van der Waals surface area contributed by atoms with E-state index in [0.717, 1.165) is 37.8 Å². The average molecular weight is 541 g/mol. The number of alkyl halides is 6. The lowest BCUT2D eigenvalue weighted by molar-refractivity contribution is -0.376. The van der Waals surface area contributed by atoms with Crippen LogP contribution < -0.4 is 4.74 Å². The molecule has 0 aliphatic carbocycles. The molecule has 0 saturated heterocycles. The Kier molecular flexibility index (Phi) is 16.3. The zero-order valence-electron chi connectivity index (χ0n) is 22.4. The van der Waals surface area contributed by atoms with Crippen LogP contribution in [0.2, 0.25) is 0 Å². The van der Waals surface area contributed by atoms with Crippen LogP contribution in [0, 0.1) is 0 Å². The summed E-state index contributed by atoms with van der Waals surface area (Å²) >= 11 is 0. The molecule has 0 unspecified atom stereocenters. The maximum Gasteiger partial charge on any atom is 0.430 e. The Hall–Kier alpha value is -1.44. The monoisotopic (exact) mass is 540 g/mol. The Balaban J connectivity index is 2.03. The molecule has 0 aliphatic rings. The van der Waals surface area contributed by atoms with Crippen LogP contribution in [0.4, 0.5) is 26.3 Å². The number of hydrogen-bond donors (Lipinski definition) is 1. The first-order valence-corrected chi connectivity index (χ1v) is 14.1. The molecule has 1 rings (SSSR count). The topological polar surface area (TPSA) is 29.5 Å². The highest BCUT2D eigenvalue weighted by Gasteiger charge is 2.71. The number of halogens is 6. The molecule has 0 atom stereocenters. The minimum atomic E-state index is -5.89. The Labute approximate surface area is 219 Å². The van der Waals surface area contributed by atoms with Crippen molar-refractivity contribution in [2.45, 2.75) is 140 Å². The van der Waals surface area contributed by atoms with E-state index in [4.69, 9.17) is 4.74 Å². The van der Waals surface area contributed by atoms with Crippen molar-refractivity contribution in [3.63, 3.8) is 0 Å². The van der Waals surface area contributed by atoms with E-state index in [1.165, 1.54) is 89.9 Å². The highest BCUT2D eigenvalue weighted by molar-refractivity contribution is 5.33. The first-order valence-electron chi connectivity index (χ1n) is 14.1. The van der Waals surface area contributed by atoms with Gasteiger partial charge in [-0.2, -0.15) is 26.3 Å². The molecule has 0 radical (unpaired) electrons. The van der Waals surface area contributed by atoms with Gasteiger partial charge in [0.2, 0.25) is 0 Å². The summed E-state index contributed by atoms with van der Waals surface area (Å²) in [5.74, 6) is 0.169. The molecule has 0 aromatic heterocycles. The normalized spacial score (nSPS) is 12.8. The number of benzene rings is 1. The third kappa shape index (κ3) is 12.8. The predicted molar refractivity (Wildman–Crippen MR) is 137 cm³/mol. The van der Waals surface area contributed by atoms with Gasteiger partial charge in [-0.15, -0.1) is 0 Å². The van der Waals surface area contributed by atoms with E-state index >= 15 is 0 Å². The van der Waals surface area contributed by atoms with Crippen molar-refractivity contribution in [3.05, 3.63) is 29.8 Å². The van der Waals surface area contributed by atoms with Crippen molar-refractivity contribution in [1.29, 1.82) is 0 Å². The second-order valence-corrected chi connectivity index (χ2v) is 10.1. The maximum atomic E-state index is 12.9. The molecule has 0 heterocycles. The van der Waals surface area contributed by atoms with Gasteiger partial charge in [0.25, 0.3) is 5.60 Å². The van der Waals surface area contributed by atoms with Crippen molar-refractivity contribution in [2.75, 3.05) is 6.61 Å². The van der Waals surface area contributed by atoms with Crippen LogP contribution >= 0.6 is 0 Å². The zero-order chi connectivity index (χ0) is 27.6. The smallest absolute Gasteiger partial charge is 0.430 e. The summed E-state index contributed by atoms with van der Waals surface area (Å²) in [6.07, 6.45) is 10.9. The van der Waals surface area contributed by atoms with Gasteiger partial charge in [0.05, 0.1) is 6.61 Å². The van der Waals surface area contributed by atoms with E-state index in [1.54, 1.807) is 0 Å².